The average Bonchev–Trinajstić information content (AvgIpc) is 4.01. The van der Waals surface area contributed by atoms with Crippen LogP contribution in [0.5, 0.6) is 0 Å². The molecule has 6 aromatic heterocycles. The van der Waals surface area contributed by atoms with Crippen molar-refractivity contribution in [2.45, 2.75) is 61.6 Å². The summed E-state index contributed by atoms with van der Waals surface area (Å²) in [6, 6.07) is 31.8. The largest absolute Gasteiger partial charge is 0.415 e. The van der Waals surface area contributed by atoms with E-state index in [1.807, 2.05) is 81.9 Å². The van der Waals surface area contributed by atoms with E-state index in [1.54, 1.807) is 67.5 Å². The number of rotatable bonds is 7. The average molecular weight is 1030 g/mol. The van der Waals surface area contributed by atoms with E-state index in [2.05, 4.69) is 30.9 Å². The summed E-state index contributed by atoms with van der Waals surface area (Å²) in [4.78, 5) is 59.0. The van der Waals surface area contributed by atoms with E-state index < -0.39 is 17.3 Å². The van der Waals surface area contributed by atoms with Gasteiger partial charge in [-0.3, -0.25) is 0 Å². The lowest BCUT2D eigenvalue weighted by Gasteiger charge is -2.24. The van der Waals surface area contributed by atoms with Crippen LogP contribution in [0.4, 0.5) is 18.9 Å². The van der Waals surface area contributed by atoms with E-state index in [1.165, 1.54) is 12.1 Å². The maximum atomic E-state index is 16.1. The minimum Gasteiger partial charge on any atom is -0.309 e. The Labute approximate surface area is 443 Å². The topological polar surface area (TPSA) is 193 Å². The number of alkyl halides is 3. The monoisotopic (exact) mass is 1030 g/mol. The first-order valence-corrected chi connectivity index (χ1v) is 24.5. The lowest BCUT2D eigenvalue weighted by molar-refractivity contribution is -0.137. The van der Waals surface area contributed by atoms with Crippen molar-refractivity contribution in [2.75, 3.05) is 0 Å². The molecular weight excluding hydrogens is 990 g/mol. The zero-order chi connectivity index (χ0) is 54.5. The fourth-order valence-electron chi connectivity index (χ4n) is 10.5. The molecule has 12 rings (SSSR count). The van der Waals surface area contributed by atoms with Gasteiger partial charge in [-0.15, -0.1) is 0 Å². The van der Waals surface area contributed by atoms with Gasteiger partial charge < -0.3 is 9.13 Å². The van der Waals surface area contributed by atoms with Crippen LogP contribution >= 0.6 is 0 Å². The summed E-state index contributed by atoms with van der Waals surface area (Å²) in [6.07, 6.45) is -4.98. The summed E-state index contributed by atoms with van der Waals surface area (Å²) < 4.78 is 52.1. The molecule has 0 fully saturated rings. The molecule has 19 heteroatoms. The van der Waals surface area contributed by atoms with Crippen LogP contribution < -0.4 is 0 Å². The molecule has 6 aromatic carbocycles. The van der Waals surface area contributed by atoms with Crippen LogP contribution in [0.1, 0.15) is 57.7 Å². The lowest BCUT2D eigenvalue weighted by Crippen LogP contribution is -2.11. The van der Waals surface area contributed by atoms with Crippen molar-refractivity contribution in [2.24, 2.45) is 0 Å². The van der Waals surface area contributed by atoms with Gasteiger partial charge in [0, 0.05) is 54.9 Å². The Kier molecular flexibility index (Phi) is 11.4. The third-order valence-corrected chi connectivity index (χ3v) is 13.4. The molecule has 16 nitrogen and oxygen atoms in total. The second kappa shape index (κ2) is 18.2. The molecule has 378 valence electrons. The van der Waals surface area contributed by atoms with Gasteiger partial charge in [-0.1, -0.05) is 66.7 Å². The standard InChI is InChI=1S/C59H41F3N16/c1-28-65-29(2)70-55(69-28)37-13-17-41-42-18-14-38(56-71-30(3)66-31(4)72-56)24-48(42)77(47(41)23-37)51-21-36(27-63)22-52(54(51)53-45(59(60,61)62)11-10-12-46(53)64-9)78-49-25-39(57-73-32(5)67-33(6)74-57)15-19-43(49)44-20-16-40(26-50(44)78)58-75-34(7)68-35(8)76-58/h10-26H,1-8H3. The second-order valence-electron chi connectivity index (χ2n) is 18.9. The van der Waals surface area contributed by atoms with E-state index >= 15 is 13.2 Å². The summed E-state index contributed by atoms with van der Waals surface area (Å²) in [6.45, 7) is 22.7. The minimum atomic E-state index is -4.98. The number of fused-ring (bicyclic) bond motifs is 6. The third-order valence-electron chi connectivity index (χ3n) is 13.4. The smallest absolute Gasteiger partial charge is 0.309 e. The Hall–Kier alpha value is -10.3. The molecule has 0 saturated carbocycles. The van der Waals surface area contributed by atoms with Crippen LogP contribution in [0, 0.1) is 73.3 Å². The van der Waals surface area contributed by atoms with Gasteiger partial charge in [-0.05, 0) is 91.8 Å². The zero-order valence-corrected chi connectivity index (χ0v) is 43.1. The van der Waals surface area contributed by atoms with Gasteiger partial charge in [0.2, 0.25) is 0 Å². The second-order valence-corrected chi connectivity index (χ2v) is 18.9. The van der Waals surface area contributed by atoms with Crippen molar-refractivity contribution in [1.82, 2.24) is 68.9 Å². The van der Waals surface area contributed by atoms with Crippen LogP contribution in [-0.2, 0) is 6.18 Å². The first kappa shape index (κ1) is 48.7. The number of aryl methyl sites for hydroxylation is 8. The summed E-state index contributed by atoms with van der Waals surface area (Å²) in [5.41, 5.74) is 3.15. The fraction of sp³-hybridized carbons (Fsp3) is 0.153. The van der Waals surface area contributed by atoms with Crippen LogP contribution in [-0.4, -0.2) is 68.9 Å². The quantitative estimate of drug-likeness (QED) is 0.137. The number of hydrogen-bond acceptors (Lipinski definition) is 13. The Bertz CT molecular complexity index is 4090. The number of nitriles is 1. The number of halogens is 3. The van der Waals surface area contributed by atoms with E-state index in [-0.39, 0.29) is 28.2 Å². The molecule has 0 aliphatic rings. The van der Waals surface area contributed by atoms with Crippen molar-refractivity contribution in [3.05, 3.63) is 172 Å². The van der Waals surface area contributed by atoms with Gasteiger partial charge >= 0.3 is 6.18 Å². The Morgan fingerprint density at radius 1 is 0.423 bits per heavy atom. The van der Waals surface area contributed by atoms with E-state index in [9.17, 15) is 5.26 Å². The fourth-order valence-corrected chi connectivity index (χ4v) is 10.5. The number of hydrogen-bond donors (Lipinski definition) is 0. The highest BCUT2D eigenvalue weighted by atomic mass is 19.4. The molecule has 0 bridgehead atoms. The maximum absolute atomic E-state index is 16.1. The van der Waals surface area contributed by atoms with E-state index in [0.717, 1.165) is 6.07 Å². The van der Waals surface area contributed by atoms with Crippen molar-refractivity contribution in [1.29, 1.82) is 5.26 Å². The zero-order valence-electron chi connectivity index (χ0n) is 43.1. The Morgan fingerprint density at radius 2 is 0.731 bits per heavy atom. The molecule has 6 heterocycles. The summed E-state index contributed by atoms with van der Waals surface area (Å²) in [5.74, 6) is 5.47. The van der Waals surface area contributed by atoms with Gasteiger partial charge in [-0.25, -0.2) is 64.7 Å². The molecule has 0 spiro atoms. The molecule has 0 aliphatic carbocycles. The predicted molar refractivity (Wildman–Crippen MR) is 290 cm³/mol. The molecule has 0 atom stereocenters. The molecular formula is C59H41F3N16. The van der Waals surface area contributed by atoms with Gasteiger partial charge in [0.15, 0.2) is 29.0 Å². The number of nitrogens with zero attached hydrogens (tertiary/aromatic N) is 16. The highest BCUT2D eigenvalue weighted by Crippen LogP contribution is 2.50. The minimum absolute atomic E-state index is 0.00506. The van der Waals surface area contributed by atoms with Crippen LogP contribution in [0.15, 0.2) is 103 Å². The highest BCUT2D eigenvalue weighted by Gasteiger charge is 2.37. The summed E-state index contributed by atoms with van der Waals surface area (Å²) >= 11 is 0. The Balaban J connectivity index is 1.30. The van der Waals surface area contributed by atoms with Crippen LogP contribution in [0.3, 0.4) is 0 Å². The van der Waals surface area contributed by atoms with Crippen LogP contribution in [0.25, 0.3) is 117 Å². The molecule has 0 aliphatic heterocycles. The molecule has 0 unspecified atom stereocenters. The van der Waals surface area contributed by atoms with Gasteiger partial charge in [0.1, 0.15) is 46.6 Å². The SMILES string of the molecule is [C-]#[N+]c1cccc(C(F)(F)F)c1-c1c(-n2c3cc(-c4nc(C)nc(C)n4)ccc3c3ccc(-c4nc(C)nc(C)n4)cc32)cc(C#N)cc1-n1c2cc(-c3nc(C)nc(C)n3)ccc2c2ccc(-c3nc(C)nc(C)n3)cc21. The number of aromatic nitrogens is 14. The van der Waals surface area contributed by atoms with Gasteiger partial charge in [0.25, 0.3) is 0 Å². The number of benzene rings is 6. The lowest BCUT2D eigenvalue weighted by atomic mass is 9.92. The molecule has 0 saturated heterocycles. The molecule has 78 heavy (non-hydrogen) atoms. The predicted octanol–water partition coefficient (Wildman–Crippen LogP) is 12.9. The summed E-state index contributed by atoms with van der Waals surface area (Å²) in [5, 5.41) is 14.1. The highest BCUT2D eigenvalue weighted by molar-refractivity contribution is 6.14. The van der Waals surface area contributed by atoms with Crippen molar-refractivity contribution in [3.63, 3.8) is 0 Å². The van der Waals surface area contributed by atoms with E-state index in [4.69, 9.17) is 46.4 Å². The molecule has 0 amide bonds. The molecule has 0 radical (unpaired) electrons. The molecule has 12 aromatic rings. The molecule has 0 N–H and O–H groups in total. The van der Waals surface area contributed by atoms with Gasteiger partial charge in [0.05, 0.1) is 57.2 Å². The maximum Gasteiger partial charge on any atom is 0.415 e. The normalized spacial score (nSPS) is 11.8. The van der Waals surface area contributed by atoms with Crippen molar-refractivity contribution < 1.29 is 13.2 Å². The Morgan fingerprint density at radius 3 is 1.00 bits per heavy atom. The van der Waals surface area contributed by atoms with Gasteiger partial charge in [-0.2, -0.15) is 18.4 Å². The van der Waals surface area contributed by atoms with Crippen LogP contribution in [0.2, 0.25) is 0 Å². The third kappa shape index (κ3) is 8.34. The van der Waals surface area contributed by atoms with Crippen molar-refractivity contribution >= 4 is 49.3 Å². The first-order valence-electron chi connectivity index (χ1n) is 24.5. The van der Waals surface area contributed by atoms with E-state index in [0.29, 0.717) is 136 Å². The first-order chi connectivity index (χ1) is 37.4. The van der Waals surface area contributed by atoms with Crippen molar-refractivity contribution in [3.8, 4) is 74.1 Å². The summed E-state index contributed by atoms with van der Waals surface area (Å²) in [7, 11) is 0.